The Labute approximate surface area is 196 Å². The van der Waals surface area contributed by atoms with E-state index in [4.69, 9.17) is 9.15 Å². The number of ether oxygens (including phenoxy) is 1. The molecule has 1 aromatic heterocycles. The topological polar surface area (TPSA) is 85.0 Å². The van der Waals surface area contributed by atoms with E-state index in [9.17, 15) is 8.42 Å². The van der Waals surface area contributed by atoms with Crippen molar-refractivity contribution in [3.63, 3.8) is 0 Å². The summed E-state index contributed by atoms with van der Waals surface area (Å²) in [6.07, 6.45) is 0. The highest BCUT2D eigenvalue weighted by molar-refractivity contribution is 8.16. The number of nitrogens with zero attached hydrogens (tertiary/aromatic N) is 3. The van der Waals surface area contributed by atoms with Gasteiger partial charge in [-0.05, 0) is 42.5 Å². The van der Waals surface area contributed by atoms with Gasteiger partial charge < -0.3 is 9.15 Å². The molecule has 0 fully saturated rings. The molecular formula is C22H25N3O4S3. The second kappa shape index (κ2) is 9.86. The summed E-state index contributed by atoms with van der Waals surface area (Å²) in [5.74, 6) is 1.62. The predicted octanol–water partition coefficient (Wildman–Crippen LogP) is 4.52. The van der Waals surface area contributed by atoms with Crippen LogP contribution < -0.4 is 4.74 Å². The van der Waals surface area contributed by atoms with E-state index in [0.717, 1.165) is 28.7 Å². The minimum absolute atomic E-state index is 0.238. The lowest BCUT2D eigenvalue weighted by Crippen LogP contribution is -2.30. The zero-order valence-electron chi connectivity index (χ0n) is 18.1. The SMILES string of the molecule is CCN(CC)S(=O)(=O)c1ccc2oc(SC[C@H]3CN=C(c4ccc(OC)cc4)S3)nc2c1. The molecule has 0 aliphatic carbocycles. The van der Waals surface area contributed by atoms with Crippen LogP contribution in [0.25, 0.3) is 11.1 Å². The summed E-state index contributed by atoms with van der Waals surface area (Å²) in [6.45, 7) is 5.25. The van der Waals surface area contributed by atoms with E-state index in [1.165, 1.54) is 16.1 Å². The normalized spacial score (nSPS) is 16.6. The Balaban J connectivity index is 1.40. The second-order valence-corrected chi connectivity index (χ2v) is 11.3. The van der Waals surface area contributed by atoms with Crippen molar-refractivity contribution in [2.75, 3.05) is 32.5 Å². The fraction of sp³-hybridized carbons (Fsp3) is 0.364. The minimum atomic E-state index is -3.53. The predicted molar refractivity (Wildman–Crippen MR) is 131 cm³/mol. The molecule has 0 N–H and O–H groups in total. The van der Waals surface area contributed by atoms with Crippen molar-refractivity contribution < 1.29 is 17.6 Å². The van der Waals surface area contributed by atoms with Crippen molar-refractivity contribution in [2.24, 2.45) is 4.99 Å². The smallest absolute Gasteiger partial charge is 0.256 e. The van der Waals surface area contributed by atoms with Gasteiger partial charge in [-0.2, -0.15) is 4.31 Å². The van der Waals surface area contributed by atoms with E-state index in [2.05, 4.69) is 9.98 Å². The number of fused-ring (bicyclic) bond motifs is 1. The summed E-state index contributed by atoms with van der Waals surface area (Å²) < 4.78 is 38.0. The summed E-state index contributed by atoms with van der Waals surface area (Å²) in [7, 11) is -1.87. The quantitative estimate of drug-likeness (QED) is 0.407. The van der Waals surface area contributed by atoms with E-state index in [0.29, 0.717) is 34.7 Å². The van der Waals surface area contributed by atoms with Crippen LogP contribution in [0, 0.1) is 0 Å². The number of hydrogen-bond donors (Lipinski definition) is 0. The molecule has 0 unspecified atom stereocenters. The summed E-state index contributed by atoms with van der Waals surface area (Å²) in [5.41, 5.74) is 2.22. The molecule has 2 heterocycles. The maximum atomic E-state index is 12.8. The lowest BCUT2D eigenvalue weighted by molar-refractivity contribution is 0.415. The van der Waals surface area contributed by atoms with Crippen LogP contribution in [0.5, 0.6) is 5.75 Å². The van der Waals surface area contributed by atoms with Crippen molar-refractivity contribution in [2.45, 2.75) is 29.2 Å². The fourth-order valence-corrected chi connectivity index (χ4v) is 6.97. The van der Waals surface area contributed by atoms with Crippen molar-refractivity contribution in [1.82, 2.24) is 9.29 Å². The van der Waals surface area contributed by atoms with Gasteiger partial charge in [-0.15, -0.1) is 11.8 Å². The summed E-state index contributed by atoms with van der Waals surface area (Å²) in [5, 5.41) is 1.89. The van der Waals surface area contributed by atoms with E-state index in [-0.39, 0.29) is 4.90 Å². The van der Waals surface area contributed by atoms with Gasteiger partial charge in [0.05, 0.1) is 23.6 Å². The van der Waals surface area contributed by atoms with Crippen LogP contribution in [-0.2, 0) is 10.0 Å². The van der Waals surface area contributed by atoms with Gasteiger partial charge in [0.25, 0.3) is 5.22 Å². The Bertz CT molecular complexity index is 1220. The average Bonchev–Trinajstić information content (AvgIpc) is 3.44. The van der Waals surface area contributed by atoms with E-state index < -0.39 is 10.0 Å². The van der Waals surface area contributed by atoms with Crippen LogP contribution in [0.2, 0.25) is 0 Å². The molecule has 0 saturated heterocycles. The molecule has 7 nitrogen and oxygen atoms in total. The number of sulfonamides is 1. The zero-order chi connectivity index (χ0) is 22.7. The second-order valence-electron chi connectivity index (χ2n) is 7.12. The van der Waals surface area contributed by atoms with Crippen LogP contribution >= 0.6 is 23.5 Å². The largest absolute Gasteiger partial charge is 0.497 e. The van der Waals surface area contributed by atoms with Gasteiger partial charge in [0, 0.05) is 29.7 Å². The molecular weight excluding hydrogens is 466 g/mol. The number of benzene rings is 2. The average molecular weight is 492 g/mol. The molecule has 0 bridgehead atoms. The van der Waals surface area contributed by atoms with Gasteiger partial charge in [0.2, 0.25) is 10.0 Å². The minimum Gasteiger partial charge on any atom is -0.497 e. The molecule has 0 radical (unpaired) electrons. The van der Waals surface area contributed by atoms with Crippen LogP contribution in [0.15, 0.2) is 62.0 Å². The van der Waals surface area contributed by atoms with Crippen LogP contribution in [-0.4, -0.2) is 60.5 Å². The first-order valence-corrected chi connectivity index (χ1v) is 13.6. The van der Waals surface area contributed by atoms with Gasteiger partial charge in [0.15, 0.2) is 5.58 Å². The standard InChI is InChI=1S/C22H25N3O4S3/c1-4-25(5-2)32(26,27)18-10-11-20-19(12-18)24-22(29-20)30-14-17-13-23-21(31-17)15-6-8-16(28-3)9-7-15/h6-12,17H,4-5,13-14H2,1-3H3/t17-/m1/s1. The molecule has 32 heavy (non-hydrogen) atoms. The fourth-order valence-electron chi connectivity index (χ4n) is 3.38. The van der Waals surface area contributed by atoms with E-state index in [1.54, 1.807) is 37.1 Å². The van der Waals surface area contributed by atoms with Crippen molar-refractivity contribution in [1.29, 1.82) is 0 Å². The van der Waals surface area contributed by atoms with Gasteiger partial charge in [-0.1, -0.05) is 25.6 Å². The lowest BCUT2D eigenvalue weighted by Gasteiger charge is -2.18. The van der Waals surface area contributed by atoms with Gasteiger partial charge in [-0.3, -0.25) is 4.99 Å². The van der Waals surface area contributed by atoms with E-state index >= 15 is 0 Å². The Kier molecular flexibility index (Phi) is 7.14. The third-order valence-electron chi connectivity index (χ3n) is 5.13. The molecule has 4 rings (SSSR count). The molecule has 1 aliphatic rings. The maximum absolute atomic E-state index is 12.8. The van der Waals surface area contributed by atoms with Gasteiger partial charge in [-0.25, -0.2) is 13.4 Å². The number of hydrogen-bond acceptors (Lipinski definition) is 8. The molecule has 0 spiro atoms. The lowest BCUT2D eigenvalue weighted by atomic mass is 10.2. The molecule has 170 valence electrons. The van der Waals surface area contributed by atoms with Crippen LogP contribution in [0.3, 0.4) is 0 Å². The van der Waals surface area contributed by atoms with E-state index in [1.807, 2.05) is 38.1 Å². The van der Waals surface area contributed by atoms with Crippen LogP contribution in [0.4, 0.5) is 0 Å². The summed E-state index contributed by atoms with van der Waals surface area (Å²) in [4.78, 5) is 9.42. The Morgan fingerprint density at radius 1 is 1.19 bits per heavy atom. The molecule has 3 aromatic rings. The molecule has 1 aliphatic heterocycles. The first-order valence-electron chi connectivity index (χ1n) is 10.3. The highest BCUT2D eigenvalue weighted by atomic mass is 32.2. The highest BCUT2D eigenvalue weighted by Gasteiger charge is 2.24. The Morgan fingerprint density at radius 2 is 1.94 bits per heavy atom. The van der Waals surface area contributed by atoms with Gasteiger partial charge in [0.1, 0.15) is 11.3 Å². The molecule has 0 saturated carbocycles. The number of thioether (sulfide) groups is 2. The van der Waals surface area contributed by atoms with Crippen molar-refractivity contribution in [3.8, 4) is 5.75 Å². The maximum Gasteiger partial charge on any atom is 0.256 e. The van der Waals surface area contributed by atoms with Crippen LogP contribution in [0.1, 0.15) is 19.4 Å². The van der Waals surface area contributed by atoms with Crippen molar-refractivity contribution in [3.05, 3.63) is 48.0 Å². The monoisotopic (exact) mass is 491 g/mol. The zero-order valence-corrected chi connectivity index (χ0v) is 20.6. The number of rotatable bonds is 9. The molecule has 10 heteroatoms. The highest BCUT2D eigenvalue weighted by Crippen LogP contribution is 2.32. The third kappa shape index (κ3) is 4.83. The summed E-state index contributed by atoms with van der Waals surface area (Å²) in [6, 6.07) is 12.8. The van der Waals surface area contributed by atoms with Gasteiger partial charge >= 0.3 is 0 Å². The number of aliphatic imine (C=N–C) groups is 1. The van der Waals surface area contributed by atoms with Crippen molar-refractivity contribution >= 4 is 49.7 Å². The first-order chi connectivity index (χ1) is 15.4. The molecule has 2 aromatic carbocycles. The summed E-state index contributed by atoms with van der Waals surface area (Å²) >= 11 is 3.27. The number of aromatic nitrogens is 1. The molecule has 1 atom stereocenters. The third-order valence-corrected chi connectivity index (χ3v) is 9.61. The number of oxazole rings is 1. The first kappa shape index (κ1) is 23.2. The molecule has 0 amide bonds. The Morgan fingerprint density at radius 3 is 2.62 bits per heavy atom. The Hall–Kier alpha value is -2.01. The number of methoxy groups -OCH3 is 1.